The number of H-pyrrole nitrogens is 1. The van der Waals surface area contributed by atoms with Crippen LogP contribution in [0.3, 0.4) is 0 Å². The maximum Gasteiger partial charge on any atom is 0.228 e. The highest BCUT2D eigenvalue weighted by atomic mass is 16.1. The monoisotopic (exact) mass is 246 g/mol. The lowest BCUT2D eigenvalue weighted by molar-refractivity contribution is -0.118. The first-order valence-corrected chi connectivity index (χ1v) is 6.26. The first kappa shape index (κ1) is 12.5. The quantitative estimate of drug-likeness (QED) is 0.870. The number of hydrogen-bond acceptors (Lipinski definition) is 3. The van der Waals surface area contributed by atoms with Gasteiger partial charge in [0.2, 0.25) is 5.91 Å². The van der Waals surface area contributed by atoms with Gasteiger partial charge in [-0.2, -0.15) is 0 Å². The van der Waals surface area contributed by atoms with Gasteiger partial charge < -0.3 is 10.3 Å². The minimum atomic E-state index is -0.0580. The van der Waals surface area contributed by atoms with Crippen molar-refractivity contribution < 1.29 is 4.79 Å². The Kier molecular flexibility index (Phi) is 3.60. The zero-order valence-corrected chi connectivity index (χ0v) is 10.9. The molecule has 0 saturated heterocycles. The Morgan fingerprint density at radius 1 is 1.39 bits per heavy atom. The van der Waals surface area contributed by atoms with E-state index in [1.54, 1.807) is 6.07 Å². The summed E-state index contributed by atoms with van der Waals surface area (Å²) in [7, 11) is 0. The summed E-state index contributed by atoms with van der Waals surface area (Å²) >= 11 is 0. The minimum Gasteiger partial charge on any atom is -0.341 e. The molecule has 0 spiro atoms. The van der Waals surface area contributed by atoms with Gasteiger partial charge in [0.05, 0.1) is 5.52 Å². The largest absolute Gasteiger partial charge is 0.341 e. The smallest absolute Gasteiger partial charge is 0.228 e. The van der Waals surface area contributed by atoms with E-state index in [1.807, 2.05) is 19.9 Å². The third-order valence-corrected chi connectivity index (χ3v) is 2.66. The molecular formula is C13H18N4O. The second-order valence-corrected chi connectivity index (χ2v) is 4.65. The Hall–Kier alpha value is -1.91. The molecule has 0 radical (unpaired) electrons. The summed E-state index contributed by atoms with van der Waals surface area (Å²) in [6, 6.07) is 3.68. The number of aryl methyl sites for hydroxylation is 1. The molecule has 2 aromatic rings. The molecule has 96 valence electrons. The molecule has 2 heterocycles. The second kappa shape index (κ2) is 5.16. The lowest BCUT2D eigenvalue weighted by Gasteiger charge is -2.05. The van der Waals surface area contributed by atoms with Gasteiger partial charge >= 0.3 is 0 Å². The number of nitrogens with zero attached hydrogens (tertiary/aromatic N) is 2. The van der Waals surface area contributed by atoms with E-state index < -0.39 is 0 Å². The van der Waals surface area contributed by atoms with Gasteiger partial charge in [-0.25, -0.2) is 9.97 Å². The number of carbonyl (C=O) groups excluding carboxylic acids is 1. The molecule has 0 aliphatic carbocycles. The van der Waals surface area contributed by atoms with Crippen LogP contribution < -0.4 is 5.32 Å². The number of pyridine rings is 1. The molecule has 0 aliphatic heterocycles. The van der Waals surface area contributed by atoms with Crippen LogP contribution in [0.15, 0.2) is 12.1 Å². The van der Waals surface area contributed by atoms with Crippen molar-refractivity contribution in [3.05, 3.63) is 18.0 Å². The lowest BCUT2D eigenvalue weighted by Crippen LogP contribution is -2.18. The van der Waals surface area contributed by atoms with Gasteiger partial charge in [-0.05, 0) is 18.6 Å². The number of carbonyl (C=O) groups is 1. The van der Waals surface area contributed by atoms with Crippen molar-refractivity contribution in [3.8, 4) is 0 Å². The fourth-order valence-electron chi connectivity index (χ4n) is 1.64. The number of anilines is 1. The van der Waals surface area contributed by atoms with Crippen molar-refractivity contribution in [2.45, 2.75) is 33.6 Å². The molecule has 0 saturated carbocycles. The predicted molar refractivity (Wildman–Crippen MR) is 71.4 cm³/mol. The van der Waals surface area contributed by atoms with Gasteiger partial charge in [0.1, 0.15) is 11.6 Å². The molecule has 2 rings (SSSR count). The number of nitrogens with one attached hydrogen (secondary N) is 2. The van der Waals surface area contributed by atoms with E-state index in [2.05, 4.69) is 27.2 Å². The van der Waals surface area contributed by atoms with Crippen LogP contribution in [0.25, 0.3) is 11.2 Å². The Bertz CT molecular complexity index is 559. The molecule has 0 bridgehead atoms. The number of amides is 1. The molecular weight excluding hydrogens is 228 g/mol. The number of aromatic amines is 1. The summed E-state index contributed by atoms with van der Waals surface area (Å²) in [5, 5.41) is 2.77. The molecule has 0 aliphatic rings. The van der Waals surface area contributed by atoms with Crippen LogP contribution in [0.4, 0.5) is 5.82 Å². The first-order valence-electron chi connectivity index (χ1n) is 6.26. The Morgan fingerprint density at radius 2 is 2.17 bits per heavy atom. The number of fused-ring (bicyclic) bond motifs is 1. The van der Waals surface area contributed by atoms with E-state index in [4.69, 9.17) is 0 Å². The van der Waals surface area contributed by atoms with E-state index in [1.165, 1.54) is 0 Å². The Morgan fingerprint density at radius 3 is 2.83 bits per heavy atom. The molecule has 5 nitrogen and oxygen atoms in total. The summed E-state index contributed by atoms with van der Waals surface area (Å²) in [6.07, 6.45) is 1.95. The molecule has 0 atom stereocenters. The van der Waals surface area contributed by atoms with Gasteiger partial charge in [-0.15, -0.1) is 0 Å². The topological polar surface area (TPSA) is 70.7 Å². The molecule has 0 fully saturated rings. The average molecular weight is 246 g/mol. The molecule has 0 aromatic carbocycles. The van der Waals surface area contributed by atoms with Crippen LogP contribution in [0, 0.1) is 5.92 Å². The van der Waals surface area contributed by atoms with Crippen molar-refractivity contribution in [2.75, 3.05) is 5.32 Å². The molecule has 0 unspecified atom stereocenters. The molecule has 5 heteroatoms. The summed E-state index contributed by atoms with van der Waals surface area (Å²) < 4.78 is 0. The molecule has 18 heavy (non-hydrogen) atoms. The van der Waals surface area contributed by atoms with Crippen LogP contribution in [0.5, 0.6) is 0 Å². The predicted octanol–water partition coefficient (Wildman–Crippen LogP) is 2.50. The van der Waals surface area contributed by atoms with Crippen LogP contribution in [-0.4, -0.2) is 20.9 Å². The van der Waals surface area contributed by atoms with Crippen LogP contribution in [0.1, 0.15) is 33.0 Å². The van der Waals surface area contributed by atoms with Gasteiger partial charge in [-0.1, -0.05) is 20.8 Å². The van der Waals surface area contributed by atoms with E-state index in [0.29, 0.717) is 11.5 Å². The molecule has 2 N–H and O–H groups in total. The third kappa shape index (κ3) is 2.67. The van der Waals surface area contributed by atoms with Crippen molar-refractivity contribution >= 4 is 22.9 Å². The number of imidazole rings is 1. The van der Waals surface area contributed by atoms with Crippen molar-refractivity contribution in [2.24, 2.45) is 5.92 Å². The van der Waals surface area contributed by atoms with Crippen LogP contribution in [0.2, 0.25) is 0 Å². The fourth-order valence-corrected chi connectivity index (χ4v) is 1.64. The van der Waals surface area contributed by atoms with Gasteiger partial charge in [0, 0.05) is 12.3 Å². The van der Waals surface area contributed by atoms with Crippen molar-refractivity contribution in [3.63, 3.8) is 0 Å². The Labute approximate surface area is 106 Å². The zero-order valence-electron chi connectivity index (χ0n) is 10.9. The minimum absolute atomic E-state index is 0.0360. The highest BCUT2D eigenvalue weighted by Crippen LogP contribution is 2.14. The normalized spacial score (nSPS) is 11.1. The summed E-state index contributed by atoms with van der Waals surface area (Å²) in [5.41, 5.74) is 1.56. The van der Waals surface area contributed by atoms with Crippen molar-refractivity contribution in [1.29, 1.82) is 0 Å². The summed E-state index contributed by atoms with van der Waals surface area (Å²) in [4.78, 5) is 23.5. The fraction of sp³-hybridized carbons (Fsp3) is 0.462. The Balaban J connectivity index is 2.24. The summed E-state index contributed by atoms with van der Waals surface area (Å²) in [5.74, 6) is 1.39. The maximum atomic E-state index is 11.6. The standard InChI is InChI=1S/C13H18N4O/c1-4-5-10-14-9-6-7-11(16-12(9)15-10)17-13(18)8(2)3/h6-8H,4-5H2,1-3H3,(H2,14,15,16,17,18). The van der Waals surface area contributed by atoms with Crippen LogP contribution in [-0.2, 0) is 11.2 Å². The number of hydrogen-bond donors (Lipinski definition) is 2. The average Bonchev–Trinajstić information content (AvgIpc) is 2.71. The van der Waals surface area contributed by atoms with Gasteiger partial charge in [0.25, 0.3) is 0 Å². The SMILES string of the molecule is CCCc1nc2nc(NC(=O)C(C)C)ccc2[nH]1. The van der Waals surface area contributed by atoms with Gasteiger partial charge in [-0.3, -0.25) is 4.79 Å². The van der Waals surface area contributed by atoms with E-state index in [9.17, 15) is 4.79 Å². The molecule has 1 amide bonds. The lowest BCUT2D eigenvalue weighted by atomic mass is 10.2. The maximum absolute atomic E-state index is 11.6. The van der Waals surface area contributed by atoms with Crippen molar-refractivity contribution in [1.82, 2.24) is 15.0 Å². The van der Waals surface area contributed by atoms with E-state index in [0.717, 1.165) is 24.2 Å². The summed E-state index contributed by atoms with van der Waals surface area (Å²) in [6.45, 7) is 5.80. The second-order valence-electron chi connectivity index (χ2n) is 4.65. The number of aromatic nitrogens is 3. The highest BCUT2D eigenvalue weighted by molar-refractivity contribution is 5.92. The van der Waals surface area contributed by atoms with Crippen LogP contribution >= 0.6 is 0 Å². The third-order valence-electron chi connectivity index (χ3n) is 2.66. The first-order chi connectivity index (χ1) is 8.60. The molecule has 2 aromatic heterocycles. The number of rotatable bonds is 4. The zero-order chi connectivity index (χ0) is 13.1. The van der Waals surface area contributed by atoms with E-state index in [-0.39, 0.29) is 11.8 Å². The van der Waals surface area contributed by atoms with E-state index >= 15 is 0 Å². The highest BCUT2D eigenvalue weighted by Gasteiger charge is 2.09. The van der Waals surface area contributed by atoms with Gasteiger partial charge in [0.15, 0.2) is 5.65 Å².